The van der Waals surface area contributed by atoms with E-state index in [0.717, 1.165) is 38.2 Å². The standard InChI is InChI=1S/C22H30N4O2.2ClH/c23-21-17-6-5-16(13-17)20(21)22(28)25-11-9-24(10-12-25)14-19(27)26-8-7-15-3-1-2-4-18(15)26;;/h1-4,16-17,20-21H,5-14,23H2;2*1H. The molecular formula is C22H32Cl2N4O2. The number of hydrogen-bond donors (Lipinski definition) is 1. The van der Waals surface area contributed by atoms with Crippen molar-refractivity contribution in [2.24, 2.45) is 23.5 Å². The third-order valence-corrected chi connectivity index (χ3v) is 7.50. The maximum atomic E-state index is 13.0. The van der Waals surface area contributed by atoms with Gasteiger partial charge in [0.15, 0.2) is 0 Å². The summed E-state index contributed by atoms with van der Waals surface area (Å²) in [6.07, 6.45) is 4.45. The highest BCUT2D eigenvalue weighted by Crippen LogP contribution is 2.48. The summed E-state index contributed by atoms with van der Waals surface area (Å²) in [5.74, 6) is 1.52. The molecule has 0 spiro atoms. The molecule has 4 aliphatic rings. The Kier molecular flexibility index (Phi) is 7.33. The van der Waals surface area contributed by atoms with Crippen LogP contribution in [0.4, 0.5) is 5.69 Å². The highest BCUT2D eigenvalue weighted by molar-refractivity contribution is 5.96. The first-order valence-corrected chi connectivity index (χ1v) is 10.8. The number of nitrogens with zero attached hydrogens (tertiary/aromatic N) is 3. The Morgan fingerprint density at radius 2 is 1.67 bits per heavy atom. The van der Waals surface area contributed by atoms with Crippen LogP contribution < -0.4 is 10.6 Å². The maximum absolute atomic E-state index is 13.0. The second-order valence-corrected chi connectivity index (χ2v) is 8.96. The van der Waals surface area contributed by atoms with Crippen LogP contribution in [-0.2, 0) is 16.0 Å². The SMILES string of the molecule is Cl.Cl.NC1C2CCC(C2)C1C(=O)N1CCN(CC(=O)N2CCc3ccccc32)CC1. The largest absolute Gasteiger partial charge is 0.340 e. The van der Waals surface area contributed by atoms with E-state index in [2.05, 4.69) is 11.0 Å². The molecule has 1 aromatic rings. The van der Waals surface area contributed by atoms with Gasteiger partial charge in [-0.15, -0.1) is 24.8 Å². The number of carbonyl (C=O) groups excluding carboxylic acids is 2. The molecule has 2 aliphatic heterocycles. The van der Waals surface area contributed by atoms with E-state index in [-0.39, 0.29) is 48.6 Å². The molecule has 1 saturated heterocycles. The monoisotopic (exact) mass is 454 g/mol. The van der Waals surface area contributed by atoms with Crippen LogP contribution in [0.25, 0.3) is 0 Å². The van der Waals surface area contributed by atoms with Gasteiger partial charge in [0.1, 0.15) is 0 Å². The Morgan fingerprint density at radius 3 is 2.37 bits per heavy atom. The average molecular weight is 455 g/mol. The van der Waals surface area contributed by atoms with Crippen LogP contribution in [0.5, 0.6) is 0 Å². The summed E-state index contributed by atoms with van der Waals surface area (Å²) in [7, 11) is 0. The van der Waals surface area contributed by atoms with Gasteiger partial charge in [-0.1, -0.05) is 18.2 Å². The summed E-state index contributed by atoms with van der Waals surface area (Å²) in [6.45, 7) is 4.17. The van der Waals surface area contributed by atoms with Gasteiger partial charge in [-0.2, -0.15) is 0 Å². The third-order valence-electron chi connectivity index (χ3n) is 7.50. The number of benzene rings is 1. The summed E-state index contributed by atoms with van der Waals surface area (Å²) in [5.41, 5.74) is 8.69. The number of fused-ring (bicyclic) bond motifs is 3. The molecule has 0 radical (unpaired) electrons. The van der Waals surface area contributed by atoms with Gasteiger partial charge in [0.2, 0.25) is 11.8 Å². The van der Waals surface area contributed by atoms with E-state index in [1.54, 1.807) is 0 Å². The molecule has 6 nitrogen and oxygen atoms in total. The summed E-state index contributed by atoms with van der Waals surface area (Å²) in [4.78, 5) is 31.9. The first-order chi connectivity index (χ1) is 13.6. The molecule has 2 N–H and O–H groups in total. The quantitative estimate of drug-likeness (QED) is 0.757. The van der Waals surface area contributed by atoms with Crippen LogP contribution in [0.1, 0.15) is 24.8 Å². The minimum Gasteiger partial charge on any atom is -0.340 e. The molecule has 3 fully saturated rings. The highest BCUT2D eigenvalue weighted by atomic mass is 35.5. The lowest BCUT2D eigenvalue weighted by molar-refractivity contribution is -0.139. The molecular weight excluding hydrogens is 423 g/mol. The molecule has 2 amide bonds. The molecule has 166 valence electrons. The van der Waals surface area contributed by atoms with Crippen LogP contribution in [0.3, 0.4) is 0 Å². The van der Waals surface area contributed by atoms with Crippen molar-refractivity contribution >= 4 is 42.3 Å². The zero-order valence-corrected chi connectivity index (χ0v) is 18.9. The third kappa shape index (κ3) is 4.07. The molecule has 2 heterocycles. The van der Waals surface area contributed by atoms with Crippen molar-refractivity contribution in [2.45, 2.75) is 31.7 Å². The Morgan fingerprint density at radius 1 is 0.967 bits per heavy atom. The van der Waals surface area contributed by atoms with Crippen LogP contribution in [-0.4, -0.2) is 66.9 Å². The van der Waals surface area contributed by atoms with Crippen molar-refractivity contribution < 1.29 is 9.59 Å². The van der Waals surface area contributed by atoms with Gasteiger partial charge in [-0.05, 0) is 49.1 Å². The molecule has 4 unspecified atom stereocenters. The van der Waals surface area contributed by atoms with Crippen molar-refractivity contribution in [2.75, 3.05) is 44.2 Å². The normalized spacial score (nSPS) is 29.9. The van der Waals surface area contributed by atoms with E-state index in [9.17, 15) is 9.59 Å². The van der Waals surface area contributed by atoms with Gasteiger partial charge < -0.3 is 15.5 Å². The topological polar surface area (TPSA) is 69.9 Å². The van der Waals surface area contributed by atoms with Gasteiger partial charge in [0, 0.05) is 44.5 Å². The Labute approximate surface area is 190 Å². The molecule has 1 aromatic carbocycles. The number of anilines is 1. The lowest BCUT2D eigenvalue weighted by Crippen LogP contribution is -2.55. The summed E-state index contributed by atoms with van der Waals surface area (Å²) in [6, 6.07) is 8.23. The number of halogens is 2. The smallest absolute Gasteiger partial charge is 0.241 e. The van der Waals surface area contributed by atoms with Gasteiger partial charge >= 0.3 is 0 Å². The zero-order valence-electron chi connectivity index (χ0n) is 17.2. The predicted octanol–water partition coefficient (Wildman–Crippen LogP) is 1.94. The molecule has 2 bridgehead atoms. The fourth-order valence-corrected chi connectivity index (χ4v) is 5.91. The van der Waals surface area contributed by atoms with Crippen LogP contribution in [0.15, 0.2) is 24.3 Å². The minimum atomic E-state index is 0. The maximum Gasteiger partial charge on any atom is 0.241 e. The van der Waals surface area contributed by atoms with Gasteiger partial charge in [-0.25, -0.2) is 0 Å². The number of piperazine rings is 1. The lowest BCUT2D eigenvalue weighted by Gasteiger charge is -2.38. The number of rotatable bonds is 3. The van der Waals surface area contributed by atoms with Gasteiger partial charge in [0.25, 0.3) is 0 Å². The molecule has 0 aromatic heterocycles. The molecule has 5 rings (SSSR count). The van der Waals surface area contributed by atoms with E-state index >= 15 is 0 Å². The lowest BCUT2D eigenvalue weighted by atomic mass is 9.84. The number of carbonyl (C=O) groups is 2. The number of hydrogen-bond acceptors (Lipinski definition) is 4. The Balaban J connectivity index is 0.00000128. The van der Waals surface area contributed by atoms with Gasteiger partial charge in [-0.3, -0.25) is 14.5 Å². The molecule has 2 aliphatic carbocycles. The number of para-hydroxylation sites is 1. The molecule has 2 saturated carbocycles. The summed E-state index contributed by atoms with van der Waals surface area (Å²) >= 11 is 0. The van der Waals surface area contributed by atoms with Crippen molar-refractivity contribution in [3.63, 3.8) is 0 Å². The van der Waals surface area contributed by atoms with Crippen LogP contribution in [0.2, 0.25) is 0 Å². The van der Waals surface area contributed by atoms with Crippen LogP contribution >= 0.6 is 24.8 Å². The highest BCUT2D eigenvalue weighted by Gasteiger charge is 2.50. The van der Waals surface area contributed by atoms with Crippen LogP contribution in [0, 0.1) is 17.8 Å². The van der Waals surface area contributed by atoms with E-state index in [1.807, 2.05) is 28.0 Å². The van der Waals surface area contributed by atoms with Gasteiger partial charge in [0.05, 0.1) is 12.5 Å². The van der Waals surface area contributed by atoms with Crippen molar-refractivity contribution in [3.05, 3.63) is 29.8 Å². The average Bonchev–Trinajstić information content (AvgIpc) is 3.42. The van der Waals surface area contributed by atoms with Crippen molar-refractivity contribution in [1.82, 2.24) is 9.80 Å². The second kappa shape index (κ2) is 9.43. The first kappa shape index (κ1) is 23.3. The van der Waals surface area contributed by atoms with E-state index in [1.165, 1.54) is 18.4 Å². The van der Waals surface area contributed by atoms with E-state index in [0.29, 0.717) is 31.5 Å². The minimum absolute atomic E-state index is 0. The van der Waals surface area contributed by atoms with Crippen molar-refractivity contribution in [1.29, 1.82) is 0 Å². The Hall–Kier alpha value is -1.34. The zero-order chi connectivity index (χ0) is 19.3. The van der Waals surface area contributed by atoms with E-state index < -0.39 is 0 Å². The molecule has 30 heavy (non-hydrogen) atoms. The fourth-order valence-electron chi connectivity index (χ4n) is 5.91. The summed E-state index contributed by atoms with van der Waals surface area (Å²) < 4.78 is 0. The molecule has 4 atom stereocenters. The Bertz CT molecular complexity index is 782. The van der Waals surface area contributed by atoms with Crippen molar-refractivity contribution in [3.8, 4) is 0 Å². The number of nitrogens with two attached hydrogens (primary N) is 1. The second-order valence-electron chi connectivity index (χ2n) is 8.96. The fraction of sp³-hybridized carbons (Fsp3) is 0.636. The first-order valence-electron chi connectivity index (χ1n) is 10.8. The summed E-state index contributed by atoms with van der Waals surface area (Å²) in [5, 5.41) is 0. The predicted molar refractivity (Wildman–Crippen MR) is 122 cm³/mol. The number of amides is 2. The van der Waals surface area contributed by atoms with E-state index in [4.69, 9.17) is 5.73 Å². The molecule has 8 heteroatoms.